The summed E-state index contributed by atoms with van der Waals surface area (Å²) in [6.07, 6.45) is 0.967. The summed E-state index contributed by atoms with van der Waals surface area (Å²) >= 11 is 0. The van der Waals surface area contributed by atoms with Crippen molar-refractivity contribution in [2.45, 2.75) is 20.3 Å². The summed E-state index contributed by atoms with van der Waals surface area (Å²) < 4.78 is 17.2. The summed E-state index contributed by atoms with van der Waals surface area (Å²) in [4.78, 5) is 12.8. The zero-order chi connectivity index (χ0) is 21.9. The molecule has 31 heavy (non-hydrogen) atoms. The van der Waals surface area contributed by atoms with Crippen LogP contribution in [-0.2, 0) is 0 Å². The molecule has 0 radical (unpaired) electrons. The summed E-state index contributed by atoms with van der Waals surface area (Å²) in [7, 11) is 0. The van der Waals surface area contributed by atoms with Crippen LogP contribution in [0.5, 0.6) is 17.2 Å². The zero-order valence-electron chi connectivity index (χ0n) is 18.0. The third-order valence-corrected chi connectivity index (χ3v) is 4.55. The fourth-order valence-corrected chi connectivity index (χ4v) is 2.86. The number of carbonyl (C=O) groups excluding carboxylic acids is 1. The van der Waals surface area contributed by atoms with Crippen LogP contribution in [0.2, 0.25) is 0 Å². The third kappa shape index (κ3) is 7.37. The molecule has 0 unspecified atom stereocenters. The lowest BCUT2D eigenvalue weighted by Gasteiger charge is -2.13. The molecule has 1 N–H and O–H groups in total. The molecule has 3 rings (SSSR count). The average molecular weight is 420 g/mol. The summed E-state index contributed by atoms with van der Waals surface area (Å²) in [5.41, 5.74) is 1.14. The van der Waals surface area contributed by atoms with Crippen LogP contribution < -0.4 is 19.5 Å². The molecule has 0 saturated heterocycles. The number of carbonyl (C=O) groups is 1. The van der Waals surface area contributed by atoms with Crippen molar-refractivity contribution in [3.8, 4) is 17.2 Å². The second-order valence-corrected chi connectivity index (χ2v) is 7.52. The minimum atomic E-state index is -0.217. The molecular weight excluding hydrogens is 390 g/mol. The van der Waals surface area contributed by atoms with E-state index in [1.54, 1.807) is 12.1 Å². The number of hydrogen-bond acceptors (Lipinski definition) is 4. The van der Waals surface area contributed by atoms with Gasteiger partial charge < -0.3 is 19.5 Å². The maximum absolute atomic E-state index is 12.8. The first kappa shape index (κ1) is 22.2. The van der Waals surface area contributed by atoms with E-state index in [1.165, 1.54) is 0 Å². The van der Waals surface area contributed by atoms with Gasteiger partial charge in [0.25, 0.3) is 5.91 Å². The quantitative estimate of drug-likeness (QED) is 0.398. The van der Waals surface area contributed by atoms with E-state index in [2.05, 4.69) is 19.2 Å². The highest BCUT2D eigenvalue weighted by molar-refractivity contribution is 6.05. The summed E-state index contributed by atoms with van der Waals surface area (Å²) in [5.74, 6) is 2.43. The molecule has 0 aliphatic carbocycles. The molecule has 0 bridgehead atoms. The largest absolute Gasteiger partial charge is 0.494 e. The van der Waals surface area contributed by atoms with Gasteiger partial charge in [-0.1, -0.05) is 50.2 Å². The van der Waals surface area contributed by atoms with Gasteiger partial charge >= 0.3 is 0 Å². The van der Waals surface area contributed by atoms with Gasteiger partial charge in [-0.25, -0.2) is 0 Å². The second kappa shape index (κ2) is 11.6. The molecule has 162 valence electrons. The lowest BCUT2D eigenvalue weighted by atomic mass is 10.1. The van der Waals surface area contributed by atoms with Crippen molar-refractivity contribution in [3.05, 3.63) is 84.4 Å². The summed E-state index contributed by atoms with van der Waals surface area (Å²) in [6.45, 7) is 5.70. The van der Waals surface area contributed by atoms with Crippen LogP contribution in [0.25, 0.3) is 0 Å². The summed E-state index contributed by atoms with van der Waals surface area (Å²) in [5, 5.41) is 2.93. The minimum absolute atomic E-state index is 0.217. The maximum atomic E-state index is 12.8. The Bertz CT molecular complexity index is 956. The van der Waals surface area contributed by atoms with Gasteiger partial charge in [0.2, 0.25) is 0 Å². The summed E-state index contributed by atoms with van der Waals surface area (Å²) in [6, 6.07) is 24.1. The van der Waals surface area contributed by atoms with Crippen molar-refractivity contribution < 1.29 is 19.0 Å². The van der Waals surface area contributed by atoms with E-state index in [0.717, 1.165) is 12.2 Å². The van der Waals surface area contributed by atoms with Gasteiger partial charge in [0.15, 0.2) is 0 Å². The molecule has 5 heteroatoms. The van der Waals surface area contributed by atoms with E-state index in [4.69, 9.17) is 14.2 Å². The highest BCUT2D eigenvalue weighted by Gasteiger charge is 2.11. The van der Waals surface area contributed by atoms with Gasteiger partial charge in [-0.15, -0.1) is 0 Å². The standard InChI is InChI=1S/C26H29NO4/c1-20(2)15-16-29-23-12-8-9-21(19-23)26(28)27-24-13-6-7-14-25(24)31-18-17-30-22-10-4-3-5-11-22/h3-14,19-20H,15-18H2,1-2H3,(H,27,28). The molecular formula is C26H29NO4. The smallest absolute Gasteiger partial charge is 0.255 e. The third-order valence-electron chi connectivity index (χ3n) is 4.55. The Morgan fingerprint density at radius 1 is 0.774 bits per heavy atom. The van der Waals surface area contributed by atoms with Crippen LogP contribution in [0.15, 0.2) is 78.9 Å². The highest BCUT2D eigenvalue weighted by atomic mass is 16.5. The van der Waals surface area contributed by atoms with Gasteiger partial charge in [-0.2, -0.15) is 0 Å². The maximum Gasteiger partial charge on any atom is 0.255 e. The van der Waals surface area contributed by atoms with Crippen molar-refractivity contribution in [2.24, 2.45) is 5.92 Å². The zero-order valence-corrected chi connectivity index (χ0v) is 18.0. The molecule has 3 aromatic carbocycles. The number of ether oxygens (including phenoxy) is 3. The number of para-hydroxylation sites is 3. The molecule has 0 saturated carbocycles. The minimum Gasteiger partial charge on any atom is -0.494 e. The molecule has 0 spiro atoms. The number of rotatable bonds is 11. The Hall–Kier alpha value is -3.47. The van der Waals surface area contributed by atoms with Gasteiger partial charge in [-0.05, 0) is 54.8 Å². The first-order chi connectivity index (χ1) is 15.1. The van der Waals surface area contributed by atoms with E-state index in [0.29, 0.717) is 48.5 Å². The number of hydrogen-bond donors (Lipinski definition) is 1. The predicted molar refractivity (Wildman–Crippen MR) is 123 cm³/mol. The molecule has 0 fully saturated rings. The fraction of sp³-hybridized carbons (Fsp3) is 0.269. The van der Waals surface area contributed by atoms with Crippen LogP contribution in [0.4, 0.5) is 5.69 Å². The van der Waals surface area contributed by atoms with E-state index >= 15 is 0 Å². The first-order valence-corrected chi connectivity index (χ1v) is 10.6. The van der Waals surface area contributed by atoms with E-state index < -0.39 is 0 Å². The monoisotopic (exact) mass is 419 g/mol. The van der Waals surface area contributed by atoms with Crippen molar-refractivity contribution in [3.63, 3.8) is 0 Å². The van der Waals surface area contributed by atoms with Crippen molar-refractivity contribution >= 4 is 11.6 Å². The van der Waals surface area contributed by atoms with Gasteiger partial charge in [0.1, 0.15) is 30.5 Å². The van der Waals surface area contributed by atoms with Crippen molar-refractivity contribution in [1.82, 2.24) is 0 Å². The number of amides is 1. The van der Waals surface area contributed by atoms with Crippen LogP contribution in [0.3, 0.4) is 0 Å². The number of nitrogens with one attached hydrogen (secondary N) is 1. The number of anilines is 1. The van der Waals surface area contributed by atoms with Crippen LogP contribution >= 0.6 is 0 Å². The van der Waals surface area contributed by atoms with Gasteiger partial charge in [0.05, 0.1) is 12.3 Å². The average Bonchev–Trinajstić information content (AvgIpc) is 2.78. The molecule has 3 aromatic rings. The Morgan fingerprint density at radius 2 is 1.45 bits per heavy atom. The number of benzene rings is 3. The van der Waals surface area contributed by atoms with Gasteiger partial charge in [-0.3, -0.25) is 4.79 Å². The fourth-order valence-electron chi connectivity index (χ4n) is 2.86. The molecule has 1 amide bonds. The van der Waals surface area contributed by atoms with Crippen LogP contribution in [0, 0.1) is 5.92 Å². The molecule has 0 aliphatic rings. The Balaban J connectivity index is 1.55. The molecule has 0 aromatic heterocycles. The lowest BCUT2D eigenvalue weighted by Crippen LogP contribution is -2.14. The second-order valence-electron chi connectivity index (χ2n) is 7.52. The van der Waals surface area contributed by atoms with Gasteiger partial charge in [0, 0.05) is 5.56 Å². The van der Waals surface area contributed by atoms with Crippen molar-refractivity contribution in [2.75, 3.05) is 25.1 Å². The predicted octanol–water partition coefficient (Wildman–Crippen LogP) is 5.82. The SMILES string of the molecule is CC(C)CCOc1cccc(C(=O)Nc2ccccc2OCCOc2ccccc2)c1. The molecule has 5 nitrogen and oxygen atoms in total. The van der Waals surface area contributed by atoms with E-state index in [9.17, 15) is 4.79 Å². The molecule has 0 heterocycles. The van der Waals surface area contributed by atoms with Crippen LogP contribution in [0.1, 0.15) is 30.6 Å². The highest BCUT2D eigenvalue weighted by Crippen LogP contribution is 2.25. The topological polar surface area (TPSA) is 56.8 Å². The Kier molecular flexibility index (Phi) is 8.35. The van der Waals surface area contributed by atoms with Crippen LogP contribution in [-0.4, -0.2) is 25.7 Å². The van der Waals surface area contributed by atoms with E-state index in [-0.39, 0.29) is 5.91 Å². The normalized spacial score (nSPS) is 10.5. The lowest BCUT2D eigenvalue weighted by molar-refractivity contribution is 0.102. The Labute approximate surface area is 184 Å². The molecule has 0 aliphatic heterocycles. The molecule has 0 atom stereocenters. The first-order valence-electron chi connectivity index (χ1n) is 10.6. The van der Waals surface area contributed by atoms with E-state index in [1.807, 2.05) is 66.7 Å². The Morgan fingerprint density at radius 3 is 2.26 bits per heavy atom. The van der Waals surface area contributed by atoms with Crippen molar-refractivity contribution in [1.29, 1.82) is 0 Å².